The molecule has 0 bridgehead atoms. The van der Waals surface area contributed by atoms with Crippen molar-refractivity contribution in [3.8, 4) is 0 Å². The lowest BCUT2D eigenvalue weighted by Gasteiger charge is -2.34. The molecule has 16 nitrogen and oxygen atoms in total. The molecule has 0 aliphatic carbocycles. The first-order valence-electron chi connectivity index (χ1n) is 23.3. The number of hydrogen-bond donors (Lipinski definition) is 5. The minimum Gasteiger partial charge on any atom is -0.453 e. The zero-order chi connectivity index (χ0) is 47.2. The minimum atomic E-state index is -0.829. The van der Waals surface area contributed by atoms with Gasteiger partial charge in [-0.25, -0.2) is 19.6 Å². The Morgan fingerprint density at radius 1 is 0.697 bits per heavy atom. The summed E-state index contributed by atoms with van der Waals surface area (Å²) < 4.78 is 9.63. The number of aliphatic hydroxyl groups excluding tert-OH is 1. The number of hydrogen-bond acceptors (Lipinski definition) is 10. The van der Waals surface area contributed by atoms with Crippen LogP contribution in [0.4, 0.5) is 15.3 Å². The van der Waals surface area contributed by atoms with Gasteiger partial charge in [0.15, 0.2) is 0 Å². The number of anilines is 1. The van der Waals surface area contributed by atoms with Gasteiger partial charge < -0.3 is 49.9 Å². The van der Waals surface area contributed by atoms with E-state index in [0.29, 0.717) is 18.8 Å². The molecule has 0 radical (unpaired) electrons. The molecule has 5 heterocycles. The third-order valence-corrected chi connectivity index (χ3v) is 13.7. The number of benzene rings is 3. The lowest BCUT2D eigenvalue weighted by Crippen LogP contribution is -2.51. The van der Waals surface area contributed by atoms with Crippen molar-refractivity contribution >= 4 is 51.8 Å². The monoisotopic (exact) mass is 904 g/mol. The van der Waals surface area contributed by atoms with Gasteiger partial charge in [-0.15, -0.1) is 0 Å². The van der Waals surface area contributed by atoms with Crippen molar-refractivity contribution in [3.63, 3.8) is 0 Å². The number of fused-ring (bicyclic) bond motifs is 2. The quantitative estimate of drug-likeness (QED) is 0.0870. The van der Waals surface area contributed by atoms with Crippen LogP contribution in [0.25, 0.3) is 22.1 Å². The first-order valence-corrected chi connectivity index (χ1v) is 23.3. The Morgan fingerprint density at radius 3 is 1.68 bits per heavy atom. The second-order valence-electron chi connectivity index (χ2n) is 19.9. The smallest absolute Gasteiger partial charge is 0.407 e. The number of carbonyl (C=O) groups is 4. The van der Waals surface area contributed by atoms with Crippen LogP contribution in [0.2, 0.25) is 0 Å². The van der Waals surface area contributed by atoms with E-state index >= 15 is 0 Å². The molecule has 3 fully saturated rings. The topological polar surface area (TPSA) is 198 Å². The van der Waals surface area contributed by atoms with E-state index in [1.807, 2.05) is 38.7 Å². The van der Waals surface area contributed by atoms with E-state index in [1.165, 1.54) is 19.8 Å². The molecule has 3 saturated heterocycles. The highest BCUT2D eigenvalue weighted by Gasteiger charge is 2.42. The number of β-amino-alcohol motifs (C(OH)–C–C–N with tert-alkyl or cyclic N) is 1. The van der Waals surface area contributed by atoms with Crippen LogP contribution < -0.4 is 15.5 Å². The van der Waals surface area contributed by atoms with Gasteiger partial charge in [0.2, 0.25) is 11.8 Å². The zero-order valence-electron chi connectivity index (χ0n) is 39.6. The van der Waals surface area contributed by atoms with Crippen molar-refractivity contribution in [3.05, 3.63) is 89.0 Å². The summed E-state index contributed by atoms with van der Waals surface area (Å²) in [5.41, 5.74) is 7.95. The van der Waals surface area contributed by atoms with Gasteiger partial charge in [-0.05, 0) is 96.0 Å². The summed E-state index contributed by atoms with van der Waals surface area (Å²) in [7, 11) is 2.56. The molecule has 7 atom stereocenters. The van der Waals surface area contributed by atoms with E-state index < -0.39 is 36.4 Å². The fourth-order valence-corrected chi connectivity index (χ4v) is 10.2. The summed E-state index contributed by atoms with van der Waals surface area (Å²) in [6.45, 7) is 14.9. The Morgan fingerprint density at radius 2 is 1.20 bits per heavy atom. The van der Waals surface area contributed by atoms with Crippen molar-refractivity contribution in [1.29, 1.82) is 0 Å². The molecule has 3 aromatic carbocycles. The van der Waals surface area contributed by atoms with Crippen LogP contribution in [0.5, 0.6) is 0 Å². The Balaban J connectivity index is 1.09. The molecule has 0 spiro atoms. The molecule has 2 aromatic heterocycles. The first-order chi connectivity index (χ1) is 31.4. The summed E-state index contributed by atoms with van der Waals surface area (Å²) in [5.74, 6) is 0.534. The zero-order valence-corrected chi connectivity index (χ0v) is 39.6. The summed E-state index contributed by atoms with van der Waals surface area (Å²) in [4.78, 5) is 75.2. The van der Waals surface area contributed by atoms with Crippen LogP contribution in [0, 0.1) is 11.8 Å². The molecule has 3 aliphatic heterocycles. The average molecular weight is 904 g/mol. The number of carbonyl (C=O) groups excluding carboxylic acids is 4. The predicted octanol–water partition coefficient (Wildman–Crippen LogP) is 7.88. The highest BCUT2D eigenvalue weighted by molar-refractivity contribution is 5.88. The van der Waals surface area contributed by atoms with Crippen molar-refractivity contribution in [2.45, 2.75) is 128 Å². The second-order valence-corrected chi connectivity index (χ2v) is 19.9. The molecule has 66 heavy (non-hydrogen) atoms. The maximum absolute atomic E-state index is 13.9. The Hall–Kier alpha value is -6.16. The molecule has 0 saturated carbocycles. The van der Waals surface area contributed by atoms with Crippen LogP contribution in [-0.2, 0) is 24.5 Å². The van der Waals surface area contributed by atoms with Crippen molar-refractivity contribution in [2.24, 2.45) is 11.8 Å². The first kappa shape index (κ1) is 46.4. The van der Waals surface area contributed by atoms with Gasteiger partial charge in [0.25, 0.3) is 0 Å². The van der Waals surface area contributed by atoms with E-state index in [1.54, 1.807) is 4.90 Å². The Labute approximate surface area is 386 Å². The largest absolute Gasteiger partial charge is 0.453 e. The number of rotatable bonds is 11. The Bertz CT molecular complexity index is 2580. The standard InChI is InChI=1S/C50H65N9O7/c1-27(2)42(55-48(63)65-8)46(61)57-22-10-11-40(57)44-51-34-18-12-29(23-36(34)53-44)38-20-21-39(59(38)32-16-14-31(15-17-32)50(5,6)7)30-13-19-35-37(24-30)54-45(52-35)41-25-33(60)26-58(41)47(62)43(28(3)4)56-49(64)66-9/h12-19,23-24,27-28,33,38-43,60H,10-11,20-22,25-26H2,1-9H3,(H,51,53)(H,52,54)(H,55,63)(H,56,64)/t33?,38-,39-,40+,41+,42?,43+/m1/s1. The predicted molar refractivity (Wildman–Crippen MR) is 252 cm³/mol. The molecule has 2 unspecified atom stereocenters. The van der Waals surface area contributed by atoms with Gasteiger partial charge in [0.05, 0.1) is 66.6 Å². The highest BCUT2D eigenvalue weighted by Crippen LogP contribution is 2.48. The second kappa shape index (κ2) is 18.6. The maximum Gasteiger partial charge on any atom is 0.407 e. The van der Waals surface area contributed by atoms with E-state index in [0.717, 1.165) is 70.4 Å². The van der Waals surface area contributed by atoms with E-state index in [4.69, 9.17) is 19.4 Å². The van der Waals surface area contributed by atoms with Gasteiger partial charge in [0, 0.05) is 25.2 Å². The number of methoxy groups -OCH3 is 2. The number of aromatic amines is 2. The molecular weight excluding hydrogens is 839 g/mol. The van der Waals surface area contributed by atoms with Crippen LogP contribution in [-0.4, -0.2) is 104 Å². The molecule has 5 aromatic rings. The van der Waals surface area contributed by atoms with Crippen molar-refractivity contribution in [1.82, 2.24) is 40.4 Å². The van der Waals surface area contributed by atoms with Crippen molar-refractivity contribution in [2.75, 3.05) is 32.2 Å². The summed E-state index contributed by atoms with van der Waals surface area (Å²) >= 11 is 0. The van der Waals surface area contributed by atoms with Gasteiger partial charge in [-0.2, -0.15) is 0 Å². The number of nitrogens with zero attached hydrogens (tertiary/aromatic N) is 5. The number of imidazole rings is 2. The number of alkyl carbamates (subject to hydrolysis) is 2. The average Bonchev–Trinajstić information content (AvgIpc) is 4.14. The molecule has 352 valence electrons. The van der Waals surface area contributed by atoms with Crippen LogP contribution in [0.3, 0.4) is 0 Å². The fraction of sp³-hybridized carbons (Fsp3) is 0.520. The molecule has 3 aliphatic rings. The molecule has 8 rings (SSSR count). The minimum absolute atomic E-state index is 0.00868. The number of amides is 4. The lowest BCUT2D eigenvalue weighted by atomic mass is 9.87. The van der Waals surface area contributed by atoms with Gasteiger partial charge in [0.1, 0.15) is 23.7 Å². The molecular formula is C50H65N9O7. The van der Waals surface area contributed by atoms with Gasteiger partial charge in [-0.3, -0.25) is 9.59 Å². The number of ether oxygens (including phenoxy) is 2. The number of nitrogens with one attached hydrogen (secondary N) is 4. The van der Waals surface area contributed by atoms with E-state index in [9.17, 15) is 24.3 Å². The molecule has 5 N–H and O–H groups in total. The molecule has 4 amide bonds. The normalized spacial score (nSPS) is 22.1. The van der Waals surface area contributed by atoms with Crippen LogP contribution >= 0.6 is 0 Å². The fourth-order valence-electron chi connectivity index (χ4n) is 10.2. The van der Waals surface area contributed by atoms with Crippen molar-refractivity contribution < 1.29 is 33.8 Å². The lowest BCUT2D eigenvalue weighted by molar-refractivity contribution is -0.136. The van der Waals surface area contributed by atoms with E-state index in [-0.39, 0.29) is 53.7 Å². The van der Waals surface area contributed by atoms with Crippen LogP contribution in [0.1, 0.15) is 133 Å². The number of H-pyrrole nitrogens is 2. The number of aromatic nitrogens is 4. The van der Waals surface area contributed by atoms with E-state index in [2.05, 4.69) is 101 Å². The summed E-state index contributed by atoms with van der Waals surface area (Å²) in [6, 6.07) is 19.4. The summed E-state index contributed by atoms with van der Waals surface area (Å²) in [5, 5.41) is 16.2. The summed E-state index contributed by atoms with van der Waals surface area (Å²) in [6.07, 6.45) is 1.64. The number of likely N-dealkylation sites (tertiary alicyclic amines) is 2. The third kappa shape index (κ3) is 9.16. The highest BCUT2D eigenvalue weighted by atomic mass is 16.5. The van der Waals surface area contributed by atoms with Crippen LogP contribution in [0.15, 0.2) is 60.7 Å². The molecule has 16 heteroatoms. The van der Waals surface area contributed by atoms with Gasteiger partial charge >= 0.3 is 12.2 Å². The SMILES string of the molecule is COC(=O)NC(C(=O)N1CCC[C@H]1c1nc2ccc([C@H]3CC[C@H](c4ccc5nc([C@@H]6CC(O)CN6C(=O)[C@@H](NC(=O)OC)C(C)C)[nH]c5c4)N3c3ccc(C(C)(C)C)cc3)cc2[nH]1)C(C)C. The van der Waals surface area contributed by atoms with Gasteiger partial charge in [-0.1, -0.05) is 72.7 Å². The Kier molecular flexibility index (Phi) is 13.1. The maximum atomic E-state index is 13.9. The number of aliphatic hydroxyl groups is 1. The third-order valence-electron chi connectivity index (χ3n) is 13.7.